The molecule has 0 fully saturated rings. The number of hydrogen-bond acceptors (Lipinski definition) is 10. The first kappa shape index (κ1) is 36.3. The number of anilines is 1. The van der Waals surface area contributed by atoms with Crippen molar-refractivity contribution >= 4 is 62.0 Å². The Morgan fingerprint density at radius 1 is 1.02 bits per heavy atom. The van der Waals surface area contributed by atoms with Gasteiger partial charge in [0.15, 0.2) is 0 Å². The third-order valence-corrected chi connectivity index (χ3v) is 10.1. The van der Waals surface area contributed by atoms with Gasteiger partial charge in [-0.25, -0.2) is 4.58 Å². The van der Waals surface area contributed by atoms with Gasteiger partial charge in [-0.3, -0.25) is 14.4 Å². The van der Waals surface area contributed by atoms with E-state index in [9.17, 15) is 24.3 Å². The van der Waals surface area contributed by atoms with Crippen LogP contribution < -0.4 is 36.3 Å². The van der Waals surface area contributed by atoms with Gasteiger partial charge >= 0.3 is 5.97 Å². The first-order valence-electron chi connectivity index (χ1n) is 15.1. The average Bonchev–Trinajstić information content (AvgIpc) is 3.06. The number of carboxylic acid groups (broad SMARTS) is 2. The molecule has 254 valence electrons. The van der Waals surface area contributed by atoms with Crippen LogP contribution in [0.1, 0.15) is 33.6 Å². The van der Waals surface area contributed by atoms with Gasteiger partial charge in [-0.15, -0.1) is 0 Å². The molecule has 2 aromatic carbocycles. The molecule has 2 amide bonds. The molecular formula is C34H39N5O7S2. The standard InChI is InChI=1S/C34H39N5O7S2/c1-38(2)20-7-11-24-28(15-20)46-29-16-21(39(3)4)8-12-25(29)31(24)23-10-6-19(14-26(23)34(44)45)32(42)37-27(33(43)36-18-30(40)41)13-9-22(17-35)48-47-5/h6-8,10-12,14-16,22,27H,9,13,17-18,35H2,1-5H3,(H3-,36,37,40,41,42,43,44,45)/t22-,27-/m0/s1. The van der Waals surface area contributed by atoms with Crippen LogP contribution in [0, 0.1) is 0 Å². The number of hydrogen-bond donors (Lipinski definition) is 4. The Bertz CT molecular complexity index is 1890. The fourth-order valence-corrected chi connectivity index (χ4v) is 7.20. The van der Waals surface area contributed by atoms with E-state index in [-0.39, 0.29) is 22.8 Å². The lowest BCUT2D eigenvalue weighted by Crippen LogP contribution is -2.48. The Balaban J connectivity index is 1.80. The number of carboxylic acids is 2. The fraction of sp³-hybridized carbons (Fsp3) is 0.324. The number of aromatic carboxylic acids is 1. The predicted molar refractivity (Wildman–Crippen MR) is 189 cm³/mol. The largest absolute Gasteiger partial charge is 0.545 e. The maximum Gasteiger partial charge on any atom is 0.322 e. The van der Waals surface area contributed by atoms with Crippen LogP contribution >= 0.6 is 21.6 Å². The lowest BCUT2D eigenvalue weighted by atomic mass is 9.89. The van der Waals surface area contributed by atoms with Gasteiger partial charge in [0.2, 0.25) is 11.3 Å². The Morgan fingerprint density at radius 3 is 2.38 bits per heavy atom. The molecule has 2 aliphatic rings. The predicted octanol–water partition coefficient (Wildman–Crippen LogP) is 2.08. The molecule has 0 spiro atoms. The summed E-state index contributed by atoms with van der Waals surface area (Å²) in [7, 11) is 10.7. The monoisotopic (exact) mass is 693 g/mol. The molecule has 0 bridgehead atoms. The molecule has 14 heteroatoms. The third kappa shape index (κ3) is 8.48. The SMILES string of the molecule is CSS[C@H](CN)CC[C@H](NC(=O)c1ccc(-c2c3ccc(=[N+](C)C)cc-3oc3cc(N(C)C)ccc23)c(C(=O)[O-])c1)C(=O)NCC(=O)O. The van der Waals surface area contributed by atoms with E-state index in [2.05, 4.69) is 10.6 Å². The van der Waals surface area contributed by atoms with Crippen LogP contribution in [-0.4, -0.2) is 87.7 Å². The molecule has 1 aliphatic heterocycles. The summed E-state index contributed by atoms with van der Waals surface area (Å²) >= 11 is 0. The Labute approximate surface area is 286 Å². The van der Waals surface area contributed by atoms with E-state index in [1.807, 2.05) is 80.3 Å². The van der Waals surface area contributed by atoms with E-state index in [0.717, 1.165) is 11.0 Å². The molecule has 5 N–H and O–H groups in total. The van der Waals surface area contributed by atoms with E-state index < -0.39 is 36.3 Å². The van der Waals surface area contributed by atoms with Crippen molar-refractivity contribution in [3.05, 3.63) is 71.1 Å². The third-order valence-electron chi connectivity index (χ3n) is 7.80. The number of fused-ring (bicyclic) bond motifs is 2. The van der Waals surface area contributed by atoms with Crippen molar-refractivity contribution in [2.75, 3.05) is 52.4 Å². The molecule has 4 rings (SSSR count). The summed E-state index contributed by atoms with van der Waals surface area (Å²) in [6.07, 6.45) is 2.57. The lowest BCUT2D eigenvalue weighted by Gasteiger charge is -2.22. The number of nitrogens with one attached hydrogen (secondary N) is 2. The summed E-state index contributed by atoms with van der Waals surface area (Å²) in [5, 5.41) is 28.2. The molecule has 0 aromatic heterocycles. The second-order valence-corrected chi connectivity index (χ2v) is 14.3. The maximum absolute atomic E-state index is 13.5. The van der Waals surface area contributed by atoms with Crippen LogP contribution in [0.2, 0.25) is 0 Å². The molecule has 2 atom stereocenters. The first-order valence-corrected chi connectivity index (χ1v) is 17.7. The number of carbonyl (C=O) groups excluding carboxylic acids is 3. The van der Waals surface area contributed by atoms with E-state index >= 15 is 0 Å². The molecular weight excluding hydrogens is 655 g/mol. The summed E-state index contributed by atoms with van der Waals surface area (Å²) in [5.74, 6) is -3.56. The van der Waals surface area contributed by atoms with Crippen molar-refractivity contribution in [2.45, 2.75) is 24.1 Å². The molecule has 48 heavy (non-hydrogen) atoms. The van der Waals surface area contributed by atoms with Gasteiger partial charge in [0, 0.05) is 71.4 Å². The number of nitrogens with zero attached hydrogens (tertiary/aromatic N) is 2. The van der Waals surface area contributed by atoms with Crippen LogP contribution in [0.5, 0.6) is 0 Å². The number of rotatable bonds is 14. The molecule has 12 nitrogen and oxygen atoms in total. The average molecular weight is 694 g/mol. The zero-order chi connectivity index (χ0) is 35.1. The molecule has 0 saturated carbocycles. The molecule has 1 heterocycles. The zero-order valence-electron chi connectivity index (χ0n) is 27.4. The summed E-state index contributed by atoms with van der Waals surface area (Å²) < 4.78 is 8.28. The van der Waals surface area contributed by atoms with Crippen LogP contribution in [0.25, 0.3) is 33.4 Å². The van der Waals surface area contributed by atoms with Crippen molar-refractivity contribution in [3.8, 4) is 22.5 Å². The highest BCUT2D eigenvalue weighted by Crippen LogP contribution is 2.42. The van der Waals surface area contributed by atoms with Crippen molar-refractivity contribution < 1.29 is 33.8 Å². The van der Waals surface area contributed by atoms with Gasteiger partial charge in [-0.2, -0.15) is 0 Å². The summed E-state index contributed by atoms with van der Waals surface area (Å²) in [5.41, 5.74) is 8.63. The smallest absolute Gasteiger partial charge is 0.322 e. The maximum atomic E-state index is 13.5. The van der Waals surface area contributed by atoms with Crippen LogP contribution in [-0.2, 0) is 9.59 Å². The fourth-order valence-electron chi connectivity index (χ4n) is 5.28. The van der Waals surface area contributed by atoms with Crippen molar-refractivity contribution in [3.63, 3.8) is 0 Å². The zero-order valence-corrected chi connectivity index (χ0v) is 29.0. The summed E-state index contributed by atoms with van der Waals surface area (Å²) in [6.45, 7) is -0.269. The molecule has 0 unspecified atom stereocenters. The Morgan fingerprint density at radius 2 is 1.75 bits per heavy atom. The molecule has 0 saturated heterocycles. The highest BCUT2D eigenvalue weighted by Gasteiger charge is 2.25. The van der Waals surface area contributed by atoms with Gasteiger partial charge in [0.1, 0.15) is 38.0 Å². The number of nitrogens with two attached hydrogens (primary N) is 1. The van der Waals surface area contributed by atoms with Crippen molar-refractivity contribution in [1.82, 2.24) is 15.2 Å². The number of carbonyl (C=O) groups is 4. The Hall–Kier alpha value is -4.53. The van der Waals surface area contributed by atoms with Gasteiger partial charge in [0.05, 0.1) is 12.0 Å². The van der Waals surface area contributed by atoms with E-state index in [1.165, 1.54) is 22.9 Å². The van der Waals surface area contributed by atoms with Gasteiger partial charge < -0.3 is 40.7 Å². The molecule has 0 radical (unpaired) electrons. The number of aliphatic carboxylic acids is 1. The van der Waals surface area contributed by atoms with E-state index in [4.69, 9.17) is 15.3 Å². The second-order valence-electron chi connectivity index (χ2n) is 11.5. The van der Waals surface area contributed by atoms with E-state index in [1.54, 1.807) is 16.9 Å². The van der Waals surface area contributed by atoms with Gasteiger partial charge in [-0.05, 0) is 55.0 Å². The minimum atomic E-state index is -1.49. The van der Waals surface area contributed by atoms with Crippen LogP contribution in [0.3, 0.4) is 0 Å². The Kier molecular flexibility index (Phi) is 12.1. The topological polar surface area (TPSA) is 181 Å². The molecule has 1 aliphatic carbocycles. The van der Waals surface area contributed by atoms with Crippen LogP contribution in [0.4, 0.5) is 5.69 Å². The minimum absolute atomic E-state index is 0.000471. The van der Waals surface area contributed by atoms with Gasteiger partial charge in [0.25, 0.3) is 5.91 Å². The quantitative estimate of drug-likeness (QED) is 0.0863. The van der Waals surface area contributed by atoms with Crippen molar-refractivity contribution in [1.29, 1.82) is 0 Å². The second kappa shape index (κ2) is 16.0. The number of benzene rings is 3. The van der Waals surface area contributed by atoms with Gasteiger partial charge in [-0.1, -0.05) is 27.7 Å². The summed E-state index contributed by atoms with van der Waals surface area (Å²) in [6, 6.07) is 14.5. The summed E-state index contributed by atoms with van der Waals surface area (Å²) in [4.78, 5) is 52.1. The normalized spacial score (nSPS) is 12.4. The first-order chi connectivity index (χ1) is 22.8. The highest BCUT2D eigenvalue weighted by atomic mass is 33.1. The number of amides is 2. The lowest BCUT2D eigenvalue weighted by molar-refractivity contribution is -0.254. The molecule has 2 aromatic rings. The van der Waals surface area contributed by atoms with E-state index in [0.29, 0.717) is 46.4 Å². The minimum Gasteiger partial charge on any atom is -0.545 e. The van der Waals surface area contributed by atoms with Crippen molar-refractivity contribution in [2.24, 2.45) is 5.73 Å². The highest BCUT2D eigenvalue weighted by molar-refractivity contribution is 8.76. The van der Waals surface area contributed by atoms with Crippen LogP contribution in [0.15, 0.2) is 59.0 Å².